The third kappa shape index (κ3) is 1.67. The smallest absolute Gasteiger partial charge is 0.221 e. The average Bonchev–Trinajstić information content (AvgIpc) is 2.43. The van der Waals surface area contributed by atoms with Gasteiger partial charge in [-0.25, -0.2) is 0 Å². The van der Waals surface area contributed by atoms with E-state index in [4.69, 9.17) is 0 Å². The van der Waals surface area contributed by atoms with Gasteiger partial charge in [0.25, 0.3) is 0 Å². The highest BCUT2D eigenvalue weighted by Crippen LogP contribution is 2.39. The molecule has 0 saturated carbocycles. The van der Waals surface area contributed by atoms with E-state index in [9.17, 15) is 4.79 Å². The van der Waals surface area contributed by atoms with Crippen molar-refractivity contribution in [2.75, 3.05) is 5.32 Å². The lowest BCUT2D eigenvalue weighted by atomic mass is 10.2. The molecule has 0 aliphatic heterocycles. The minimum absolute atomic E-state index is 0.0470. The molecule has 0 spiro atoms. The van der Waals surface area contributed by atoms with Crippen LogP contribution >= 0.6 is 27.3 Å². The van der Waals surface area contributed by atoms with Gasteiger partial charge in [-0.3, -0.25) is 4.79 Å². The van der Waals surface area contributed by atoms with Crippen molar-refractivity contribution in [1.29, 1.82) is 0 Å². The summed E-state index contributed by atoms with van der Waals surface area (Å²) in [5, 5.41) is 3.90. The predicted octanol–water partition coefficient (Wildman–Crippen LogP) is 3.62. The first-order valence-corrected chi connectivity index (χ1v) is 5.74. The monoisotopic (exact) mass is 269 g/mol. The number of amides is 1. The summed E-state index contributed by atoms with van der Waals surface area (Å²) in [6, 6.07) is 7.99. The molecule has 2 aromatic rings. The molecule has 0 aliphatic carbocycles. The summed E-state index contributed by atoms with van der Waals surface area (Å²) >= 11 is 5.06. The number of hydrogen-bond donors (Lipinski definition) is 1. The maximum atomic E-state index is 11.0. The van der Waals surface area contributed by atoms with E-state index in [1.807, 2.05) is 24.3 Å². The van der Waals surface area contributed by atoms with Gasteiger partial charge in [-0.15, -0.1) is 11.3 Å². The number of fused-ring (bicyclic) bond motifs is 1. The molecule has 4 heteroatoms. The predicted molar refractivity (Wildman–Crippen MR) is 63.8 cm³/mol. The molecule has 1 aromatic carbocycles. The minimum atomic E-state index is -0.0470. The van der Waals surface area contributed by atoms with E-state index in [0.717, 1.165) is 14.9 Å². The van der Waals surface area contributed by atoms with E-state index >= 15 is 0 Å². The second kappa shape index (κ2) is 3.71. The van der Waals surface area contributed by atoms with Crippen LogP contribution in [0.4, 0.5) is 5.69 Å². The Labute approximate surface area is 94.1 Å². The van der Waals surface area contributed by atoms with E-state index in [-0.39, 0.29) is 5.91 Å². The Morgan fingerprint density at radius 1 is 1.43 bits per heavy atom. The van der Waals surface area contributed by atoms with Crippen LogP contribution in [0, 0.1) is 0 Å². The van der Waals surface area contributed by atoms with E-state index in [1.165, 1.54) is 11.6 Å². The lowest BCUT2D eigenvalue weighted by molar-refractivity contribution is -0.114. The molecule has 0 radical (unpaired) electrons. The van der Waals surface area contributed by atoms with Crippen molar-refractivity contribution in [2.45, 2.75) is 6.92 Å². The summed E-state index contributed by atoms with van der Waals surface area (Å²) in [7, 11) is 0. The van der Waals surface area contributed by atoms with Crippen LogP contribution in [0.1, 0.15) is 6.92 Å². The van der Waals surface area contributed by atoms with E-state index < -0.39 is 0 Å². The van der Waals surface area contributed by atoms with Crippen LogP contribution in [0.2, 0.25) is 0 Å². The number of carbonyl (C=O) groups excluding carboxylic acids is 1. The highest BCUT2D eigenvalue weighted by atomic mass is 79.9. The van der Waals surface area contributed by atoms with Gasteiger partial charge in [0.1, 0.15) is 0 Å². The molecule has 0 bridgehead atoms. The fraction of sp³-hybridized carbons (Fsp3) is 0.100. The van der Waals surface area contributed by atoms with Gasteiger partial charge in [-0.2, -0.15) is 0 Å². The molecule has 1 aromatic heterocycles. The zero-order valence-electron chi connectivity index (χ0n) is 7.50. The standard InChI is InChI=1S/C10H8BrNOS/c1-6(13)12-9-7-4-2-3-5-8(7)14-10(9)11/h2-5H,1H3,(H,12,13). The highest BCUT2D eigenvalue weighted by molar-refractivity contribution is 9.11. The molecule has 14 heavy (non-hydrogen) atoms. The zero-order valence-corrected chi connectivity index (χ0v) is 9.91. The van der Waals surface area contributed by atoms with Gasteiger partial charge in [-0.1, -0.05) is 18.2 Å². The van der Waals surface area contributed by atoms with Crippen LogP contribution in [-0.2, 0) is 4.79 Å². The number of anilines is 1. The maximum Gasteiger partial charge on any atom is 0.221 e. The highest BCUT2D eigenvalue weighted by Gasteiger charge is 2.09. The van der Waals surface area contributed by atoms with Gasteiger partial charge in [-0.05, 0) is 22.0 Å². The zero-order chi connectivity index (χ0) is 10.1. The maximum absolute atomic E-state index is 11.0. The summed E-state index contributed by atoms with van der Waals surface area (Å²) in [6.45, 7) is 1.51. The van der Waals surface area contributed by atoms with Gasteiger partial charge >= 0.3 is 0 Å². The molecular formula is C10H8BrNOS. The summed E-state index contributed by atoms with van der Waals surface area (Å²) in [5.41, 5.74) is 0.873. The quantitative estimate of drug-likeness (QED) is 0.842. The van der Waals surface area contributed by atoms with E-state index in [0.29, 0.717) is 0 Å². The lowest BCUT2D eigenvalue weighted by Crippen LogP contribution is -2.05. The van der Waals surface area contributed by atoms with Gasteiger partial charge < -0.3 is 5.32 Å². The van der Waals surface area contributed by atoms with Crippen LogP contribution < -0.4 is 5.32 Å². The summed E-state index contributed by atoms with van der Waals surface area (Å²) in [4.78, 5) is 11.0. The summed E-state index contributed by atoms with van der Waals surface area (Å²) in [5.74, 6) is -0.0470. The largest absolute Gasteiger partial charge is 0.324 e. The molecule has 1 N–H and O–H groups in total. The van der Waals surface area contributed by atoms with Gasteiger partial charge in [0, 0.05) is 17.0 Å². The van der Waals surface area contributed by atoms with Crippen molar-refractivity contribution >= 4 is 48.9 Å². The summed E-state index contributed by atoms with van der Waals surface area (Å²) in [6.07, 6.45) is 0. The van der Waals surface area contributed by atoms with Gasteiger partial charge in [0.05, 0.1) is 9.47 Å². The first-order valence-electron chi connectivity index (χ1n) is 4.13. The molecule has 72 valence electrons. The topological polar surface area (TPSA) is 29.1 Å². The van der Waals surface area contributed by atoms with Crippen LogP contribution in [0.25, 0.3) is 10.1 Å². The Hall–Kier alpha value is -0.870. The fourth-order valence-electron chi connectivity index (χ4n) is 1.31. The second-order valence-electron chi connectivity index (χ2n) is 2.93. The van der Waals surface area contributed by atoms with E-state index in [1.54, 1.807) is 11.3 Å². The Balaban J connectivity index is 2.62. The summed E-state index contributed by atoms with van der Waals surface area (Å²) < 4.78 is 2.14. The second-order valence-corrected chi connectivity index (χ2v) is 5.30. The minimum Gasteiger partial charge on any atom is -0.324 e. The Bertz CT molecular complexity index is 492. The fourth-order valence-corrected chi connectivity index (χ4v) is 3.03. The number of thiophene rings is 1. The molecule has 0 fully saturated rings. The molecule has 2 rings (SSSR count). The average molecular weight is 270 g/mol. The van der Waals surface area contributed by atoms with Gasteiger partial charge in [0.15, 0.2) is 0 Å². The van der Waals surface area contributed by atoms with Crippen molar-refractivity contribution in [3.05, 3.63) is 28.1 Å². The number of rotatable bonds is 1. The molecular weight excluding hydrogens is 262 g/mol. The van der Waals surface area contributed by atoms with E-state index in [2.05, 4.69) is 21.2 Å². The van der Waals surface area contributed by atoms with Crippen LogP contribution in [0.3, 0.4) is 0 Å². The van der Waals surface area contributed by atoms with Crippen molar-refractivity contribution in [3.8, 4) is 0 Å². The number of nitrogens with one attached hydrogen (secondary N) is 1. The molecule has 0 aliphatic rings. The number of hydrogen-bond acceptors (Lipinski definition) is 2. The normalized spacial score (nSPS) is 10.4. The number of carbonyl (C=O) groups is 1. The van der Waals surface area contributed by atoms with Crippen molar-refractivity contribution in [1.82, 2.24) is 0 Å². The molecule has 1 heterocycles. The Kier molecular flexibility index (Phi) is 2.56. The molecule has 0 saturated heterocycles. The molecule has 1 amide bonds. The Morgan fingerprint density at radius 2 is 2.14 bits per heavy atom. The lowest BCUT2D eigenvalue weighted by Gasteiger charge is -1.99. The van der Waals surface area contributed by atoms with Crippen LogP contribution in [-0.4, -0.2) is 5.91 Å². The van der Waals surface area contributed by atoms with Crippen LogP contribution in [0.15, 0.2) is 28.1 Å². The number of halogens is 1. The van der Waals surface area contributed by atoms with Crippen molar-refractivity contribution in [3.63, 3.8) is 0 Å². The Morgan fingerprint density at radius 3 is 2.86 bits per heavy atom. The molecule has 2 nitrogen and oxygen atoms in total. The third-order valence-corrected chi connectivity index (χ3v) is 3.69. The molecule has 0 atom stereocenters. The number of benzene rings is 1. The van der Waals surface area contributed by atoms with Crippen molar-refractivity contribution < 1.29 is 4.79 Å². The van der Waals surface area contributed by atoms with Crippen LogP contribution in [0.5, 0.6) is 0 Å². The van der Waals surface area contributed by atoms with Gasteiger partial charge in [0.2, 0.25) is 5.91 Å². The first-order chi connectivity index (χ1) is 6.68. The van der Waals surface area contributed by atoms with Crippen molar-refractivity contribution in [2.24, 2.45) is 0 Å². The molecule has 0 unspecified atom stereocenters. The first kappa shape index (κ1) is 9.68. The SMILES string of the molecule is CC(=O)Nc1c(Br)sc2ccccc12. The third-order valence-electron chi connectivity index (χ3n) is 1.85.